The summed E-state index contributed by atoms with van der Waals surface area (Å²) < 4.78 is 11.1. The lowest BCUT2D eigenvalue weighted by molar-refractivity contribution is -0.136. The summed E-state index contributed by atoms with van der Waals surface area (Å²) in [6.07, 6.45) is 0. The topological polar surface area (TPSA) is 35.5 Å². The molecule has 0 aromatic heterocycles. The molecule has 3 heteroatoms. The highest BCUT2D eigenvalue weighted by Crippen LogP contribution is 2.31. The molecule has 2 aromatic carbocycles. The minimum Gasteiger partial charge on any atom is -0.482 e. The van der Waals surface area contributed by atoms with Gasteiger partial charge in [0.2, 0.25) is 0 Å². The number of carbonyl (C=O) groups is 1. The van der Waals surface area contributed by atoms with Crippen LogP contribution < -0.4 is 9.47 Å². The zero-order valence-corrected chi connectivity index (χ0v) is 15.1. The molecular weight excluding hydrogens is 300 g/mol. The van der Waals surface area contributed by atoms with Crippen molar-refractivity contribution in [2.45, 2.75) is 46.0 Å². The van der Waals surface area contributed by atoms with Crippen LogP contribution in [0.4, 0.5) is 0 Å². The second-order valence-electron chi connectivity index (χ2n) is 7.24. The van der Waals surface area contributed by atoms with Gasteiger partial charge in [-0.3, -0.25) is 0 Å². The van der Waals surface area contributed by atoms with Crippen LogP contribution in [0.3, 0.4) is 0 Å². The number of hydrogen-bond acceptors (Lipinski definition) is 3. The summed E-state index contributed by atoms with van der Waals surface area (Å²) in [5, 5.41) is 0. The first kappa shape index (κ1) is 18.1. The fourth-order valence-corrected chi connectivity index (χ4v) is 2.43. The molecule has 128 valence electrons. The number of carbonyl (C=O) groups excluding carboxylic acids is 1. The van der Waals surface area contributed by atoms with Crippen LogP contribution in [0.15, 0.2) is 48.5 Å². The van der Waals surface area contributed by atoms with Gasteiger partial charge in [-0.05, 0) is 35.1 Å². The molecule has 0 heterocycles. The van der Waals surface area contributed by atoms with E-state index in [9.17, 15) is 4.79 Å². The Morgan fingerprint density at radius 1 is 1.04 bits per heavy atom. The van der Waals surface area contributed by atoms with Gasteiger partial charge in [0.05, 0.1) is 0 Å². The molecule has 0 aliphatic rings. The first-order chi connectivity index (χ1) is 11.3. The van der Waals surface area contributed by atoms with E-state index in [-0.39, 0.29) is 12.0 Å². The maximum absolute atomic E-state index is 12.1. The van der Waals surface area contributed by atoms with Crippen LogP contribution in [-0.4, -0.2) is 12.6 Å². The molecule has 0 aliphatic heterocycles. The third kappa shape index (κ3) is 4.85. The molecule has 2 rings (SSSR count). The smallest absolute Gasteiger partial charge is 0.349 e. The number of rotatable bonds is 5. The quantitative estimate of drug-likeness (QED) is 0.567. The standard InChI is InChI=1S/C21H26O3/c1-15(2)16-9-8-10-17(13-16)23-14-20(22)24-19-12-7-6-11-18(19)21(3,4)5/h6-13,15H,14H2,1-5H3. The molecule has 0 fully saturated rings. The van der Waals surface area contributed by atoms with Crippen LogP contribution >= 0.6 is 0 Å². The van der Waals surface area contributed by atoms with Crippen molar-refractivity contribution in [3.8, 4) is 11.5 Å². The molecule has 0 radical (unpaired) electrons. The molecule has 24 heavy (non-hydrogen) atoms. The third-order valence-corrected chi connectivity index (χ3v) is 3.80. The van der Waals surface area contributed by atoms with Gasteiger partial charge < -0.3 is 9.47 Å². The van der Waals surface area contributed by atoms with E-state index in [0.29, 0.717) is 17.4 Å². The average Bonchev–Trinajstić information content (AvgIpc) is 2.52. The molecule has 0 bridgehead atoms. The number of benzene rings is 2. The van der Waals surface area contributed by atoms with Crippen LogP contribution in [0.5, 0.6) is 11.5 Å². The summed E-state index contributed by atoms with van der Waals surface area (Å²) in [5.41, 5.74) is 2.09. The Bertz CT molecular complexity index is 696. The van der Waals surface area contributed by atoms with Crippen molar-refractivity contribution >= 4 is 5.97 Å². The summed E-state index contributed by atoms with van der Waals surface area (Å²) in [7, 11) is 0. The van der Waals surface area contributed by atoms with Gasteiger partial charge in [-0.15, -0.1) is 0 Å². The fourth-order valence-electron chi connectivity index (χ4n) is 2.43. The van der Waals surface area contributed by atoms with Crippen molar-refractivity contribution in [1.82, 2.24) is 0 Å². The van der Waals surface area contributed by atoms with E-state index >= 15 is 0 Å². The van der Waals surface area contributed by atoms with Crippen LogP contribution in [0, 0.1) is 0 Å². The fraction of sp³-hybridized carbons (Fsp3) is 0.381. The van der Waals surface area contributed by atoms with Gasteiger partial charge >= 0.3 is 5.97 Å². The number of hydrogen-bond donors (Lipinski definition) is 0. The second-order valence-corrected chi connectivity index (χ2v) is 7.24. The first-order valence-electron chi connectivity index (χ1n) is 8.30. The van der Waals surface area contributed by atoms with E-state index in [1.54, 1.807) is 0 Å². The highest BCUT2D eigenvalue weighted by Gasteiger charge is 2.20. The minimum absolute atomic E-state index is 0.0939. The molecular formula is C21H26O3. The van der Waals surface area contributed by atoms with E-state index in [1.807, 2.05) is 42.5 Å². The van der Waals surface area contributed by atoms with Crippen molar-refractivity contribution in [2.75, 3.05) is 6.61 Å². The zero-order chi connectivity index (χ0) is 17.7. The van der Waals surface area contributed by atoms with Crippen LogP contribution in [0.1, 0.15) is 51.7 Å². The Morgan fingerprint density at radius 3 is 2.42 bits per heavy atom. The van der Waals surface area contributed by atoms with E-state index in [4.69, 9.17) is 9.47 Å². The molecule has 0 atom stereocenters. The number of para-hydroxylation sites is 1. The minimum atomic E-state index is -0.401. The molecule has 0 aliphatic carbocycles. The van der Waals surface area contributed by atoms with Crippen LogP contribution in [0.2, 0.25) is 0 Å². The summed E-state index contributed by atoms with van der Waals surface area (Å²) in [6.45, 7) is 10.4. The molecule has 0 spiro atoms. The first-order valence-corrected chi connectivity index (χ1v) is 8.30. The Kier molecular flexibility index (Phi) is 5.66. The third-order valence-electron chi connectivity index (χ3n) is 3.80. The molecule has 0 saturated heterocycles. The van der Waals surface area contributed by atoms with Gasteiger partial charge in [0, 0.05) is 5.56 Å². The van der Waals surface area contributed by atoms with Crippen molar-refractivity contribution in [2.24, 2.45) is 0 Å². The monoisotopic (exact) mass is 326 g/mol. The lowest BCUT2D eigenvalue weighted by Crippen LogP contribution is -2.20. The summed E-state index contributed by atoms with van der Waals surface area (Å²) in [6, 6.07) is 15.4. The molecule has 0 saturated carbocycles. The molecule has 0 amide bonds. The molecule has 0 N–H and O–H groups in total. The Hall–Kier alpha value is -2.29. The maximum Gasteiger partial charge on any atom is 0.349 e. The number of ether oxygens (including phenoxy) is 2. The largest absolute Gasteiger partial charge is 0.482 e. The lowest BCUT2D eigenvalue weighted by Gasteiger charge is -2.22. The van der Waals surface area contributed by atoms with Gasteiger partial charge in [0.1, 0.15) is 11.5 Å². The molecule has 3 nitrogen and oxygen atoms in total. The Morgan fingerprint density at radius 2 is 1.75 bits per heavy atom. The number of esters is 1. The van der Waals surface area contributed by atoms with Crippen molar-refractivity contribution in [3.63, 3.8) is 0 Å². The molecule has 2 aromatic rings. The van der Waals surface area contributed by atoms with Crippen molar-refractivity contribution in [1.29, 1.82) is 0 Å². The highest BCUT2D eigenvalue weighted by molar-refractivity contribution is 5.74. The van der Waals surface area contributed by atoms with Gasteiger partial charge in [0.15, 0.2) is 6.61 Å². The predicted molar refractivity (Wildman–Crippen MR) is 96.8 cm³/mol. The van der Waals surface area contributed by atoms with Gasteiger partial charge in [-0.1, -0.05) is 65.0 Å². The van der Waals surface area contributed by atoms with Crippen LogP contribution in [-0.2, 0) is 10.2 Å². The van der Waals surface area contributed by atoms with Crippen LogP contribution in [0.25, 0.3) is 0 Å². The average molecular weight is 326 g/mol. The van der Waals surface area contributed by atoms with Gasteiger partial charge in [-0.25, -0.2) is 4.79 Å². The van der Waals surface area contributed by atoms with E-state index in [0.717, 1.165) is 5.56 Å². The Labute approximate surface area is 144 Å². The SMILES string of the molecule is CC(C)c1cccc(OCC(=O)Oc2ccccc2C(C)(C)C)c1. The normalized spacial score (nSPS) is 11.4. The van der Waals surface area contributed by atoms with E-state index in [2.05, 4.69) is 40.7 Å². The highest BCUT2D eigenvalue weighted by atomic mass is 16.6. The lowest BCUT2D eigenvalue weighted by atomic mass is 9.86. The van der Waals surface area contributed by atoms with Gasteiger partial charge in [0.25, 0.3) is 0 Å². The molecule has 0 unspecified atom stereocenters. The van der Waals surface area contributed by atoms with Crippen molar-refractivity contribution < 1.29 is 14.3 Å². The summed E-state index contributed by atoms with van der Waals surface area (Å²) in [5.74, 6) is 1.29. The van der Waals surface area contributed by atoms with E-state index in [1.165, 1.54) is 5.56 Å². The summed E-state index contributed by atoms with van der Waals surface area (Å²) in [4.78, 5) is 12.1. The van der Waals surface area contributed by atoms with E-state index < -0.39 is 5.97 Å². The van der Waals surface area contributed by atoms with Gasteiger partial charge in [-0.2, -0.15) is 0 Å². The van der Waals surface area contributed by atoms with Crippen molar-refractivity contribution in [3.05, 3.63) is 59.7 Å². The maximum atomic E-state index is 12.1. The second kappa shape index (κ2) is 7.52. The summed E-state index contributed by atoms with van der Waals surface area (Å²) >= 11 is 0. The zero-order valence-electron chi connectivity index (χ0n) is 15.1. The Balaban J connectivity index is 2.01. The predicted octanol–water partition coefficient (Wildman–Crippen LogP) is 5.09.